The Balaban J connectivity index is 0.00000441. The average molecular weight is 422 g/mol. The zero-order chi connectivity index (χ0) is 15.5. The highest BCUT2D eigenvalue weighted by molar-refractivity contribution is 14.0. The zero-order valence-electron chi connectivity index (χ0n) is 14.1. The summed E-state index contributed by atoms with van der Waals surface area (Å²) in [5.74, 6) is 0.917. The van der Waals surface area contributed by atoms with Gasteiger partial charge in [0.25, 0.3) is 0 Å². The minimum atomic E-state index is 0. The smallest absolute Gasteiger partial charge is 0.222 e. The standard InChI is InChI=1S/C16H30N4O.HI/c1-13(2)15(21)18-11-12-20-16(17-3)19-10-9-14-7-5-4-6-8-14;/h7,13H,4-6,8-12H2,1-3H3,(H,18,21)(H2,17,19,20);1H. The van der Waals surface area contributed by atoms with Crippen LogP contribution in [0.15, 0.2) is 16.6 Å². The lowest BCUT2D eigenvalue weighted by molar-refractivity contribution is -0.123. The first-order valence-electron chi connectivity index (χ1n) is 8.03. The molecule has 0 saturated heterocycles. The summed E-state index contributed by atoms with van der Waals surface area (Å²) in [5.41, 5.74) is 1.56. The summed E-state index contributed by atoms with van der Waals surface area (Å²) in [4.78, 5) is 15.6. The number of allylic oxidation sites excluding steroid dienone is 1. The van der Waals surface area contributed by atoms with Crippen molar-refractivity contribution in [2.75, 3.05) is 26.7 Å². The number of guanidine groups is 1. The molecule has 0 unspecified atom stereocenters. The van der Waals surface area contributed by atoms with Gasteiger partial charge in [-0.25, -0.2) is 0 Å². The third-order valence-corrected chi connectivity index (χ3v) is 3.59. The third kappa shape index (κ3) is 9.27. The zero-order valence-corrected chi connectivity index (χ0v) is 16.4. The van der Waals surface area contributed by atoms with Crippen LogP contribution >= 0.6 is 24.0 Å². The van der Waals surface area contributed by atoms with Crippen LogP contribution in [0.5, 0.6) is 0 Å². The van der Waals surface area contributed by atoms with Gasteiger partial charge in [-0.3, -0.25) is 9.79 Å². The van der Waals surface area contributed by atoms with Crippen LogP contribution in [0.1, 0.15) is 46.0 Å². The molecule has 5 nitrogen and oxygen atoms in total. The van der Waals surface area contributed by atoms with Gasteiger partial charge in [-0.15, -0.1) is 24.0 Å². The maximum Gasteiger partial charge on any atom is 0.222 e. The van der Waals surface area contributed by atoms with Crippen molar-refractivity contribution in [1.29, 1.82) is 0 Å². The Labute approximate surface area is 151 Å². The second-order valence-electron chi connectivity index (χ2n) is 5.73. The summed E-state index contributed by atoms with van der Waals surface area (Å²) in [6.07, 6.45) is 8.61. The number of carbonyl (C=O) groups excluding carboxylic acids is 1. The second kappa shape index (κ2) is 12.7. The predicted octanol–water partition coefficient (Wildman–Crippen LogP) is 2.43. The Morgan fingerprint density at radius 3 is 2.45 bits per heavy atom. The first-order valence-corrected chi connectivity index (χ1v) is 8.03. The summed E-state index contributed by atoms with van der Waals surface area (Å²) < 4.78 is 0. The van der Waals surface area contributed by atoms with Crippen LogP contribution in [0.3, 0.4) is 0 Å². The summed E-state index contributed by atoms with van der Waals surface area (Å²) in [5, 5.41) is 9.40. The number of hydrogen-bond donors (Lipinski definition) is 3. The van der Waals surface area contributed by atoms with Gasteiger partial charge in [-0.2, -0.15) is 0 Å². The lowest BCUT2D eigenvalue weighted by Gasteiger charge is -2.15. The van der Waals surface area contributed by atoms with Crippen molar-refractivity contribution in [1.82, 2.24) is 16.0 Å². The van der Waals surface area contributed by atoms with Gasteiger partial charge in [0.1, 0.15) is 0 Å². The molecule has 0 heterocycles. The molecule has 22 heavy (non-hydrogen) atoms. The molecule has 3 N–H and O–H groups in total. The highest BCUT2D eigenvalue weighted by atomic mass is 127. The van der Waals surface area contributed by atoms with Gasteiger partial charge in [0.05, 0.1) is 0 Å². The number of carbonyl (C=O) groups is 1. The first-order chi connectivity index (χ1) is 10.1. The normalized spacial score (nSPS) is 14.9. The molecule has 0 aromatic carbocycles. The first kappa shape index (κ1) is 21.2. The van der Waals surface area contributed by atoms with Crippen LogP contribution in [0.2, 0.25) is 0 Å². The lowest BCUT2D eigenvalue weighted by atomic mass is 9.97. The molecule has 0 aromatic rings. The lowest BCUT2D eigenvalue weighted by Crippen LogP contribution is -2.42. The molecule has 0 fully saturated rings. The second-order valence-corrected chi connectivity index (χ2v) is 5.73. The van der Waals surface area contributed by atoms with Gasteiger partial charge >= 0.3 is 0 Å². The maximum atomic E-state index is 11.4. The van der Waals surface area contributed by atoms with Crippen LogP contribution in [0.4, 0.5) is 0 Å². The Kier molecular flexibility index (Phi) is 12.3. The Morgan fingerprint density at radius 2 is 1.86 bits per heavy atom. The Bertz CT molecular complexity index is 380. The van der Waals surface area contributed by atoms with Crippen molar-refractivity contribution in [2.45, 2.75) is 46.0 Å². The number of halogens is 1. The highest BCUT2D eigenvalue weighted by Gasteiger charge is 2.06. The van der Waals surface area contributed by atoms with Crippen LogP contribution in [-0.4, -0.2) is 38.5 Å². The molecular weight excluding hydrogens is 391 g/mol. The van der Waals surface area contributed by atoms with E-state index in [1.54, 1.807) is 12.6 Å². The van der Waals surface area contributed by atoms with E-state index in [1.165, 1.54) is 25.7 Å². The molecule has 128 valence electrons. The van der Waals surface area contributed by atoms with Gasteiger partial charge in [-0.05, 0) is 32.1 Å². The molecule has 1 aliphatic rings. The minimum Gasteiger partial charge on any atom is -0.356 e. The summed E-state index contributed by atoms with van der Waals surface area (Å²) in [7, 11) is 1.77. The number of nitrogens with one attached hydrogen (secondary N) is 3. The van der Waals surface area contributed by atoms with Crippen molar-refractivity contribution >= 4 is 35.8 Å². The Morgan fingerprint density at radius 1 is 1.18 bits per heavy atom. The summed E-state index contributed by atoms with van der Waals surface area (Å²) in [6.45, 7) is 5.99. The van der Waals surface area contributed by atoms with Crippen molar-refractivity contribution in [3.8, 4) is 0 Å². The quantitative estimate of drug-likeness (QED) is 0.194. The molecule has 0 atom stereocenters. The number of amides is 1. The fourth-order valence-electron chi connectivity index (χ4n) is 2.26. The number of rotatable bonds is 7. The Hall–Kier alpha value is -0.790. The molecule has 0 aromatic heterocycles. The van der Waals surface area contributed by atoms with E-state index in [0.29, 0.717) is 13.1 Å². The summed E-state index contributed by atoms with van der Waals surface area (Å²) >= 11 is 0. The van der Waals surface area contributed by atoms with Crippen LogP contribution in [0, 0.1) is 5.92 Å². The number of nitrogens with zero attached hydrogens (tertiary/aromatic N) is 1. The number of aliphatic imine (C=N–C) groups is 1. The van der Waals surface area contributed by atoms with Gasteiger partial charge < -0.3 is 16.0 Å². The summed E-state index contributed by atoms with van der Waals surface area (Å²) in [6, 6.07) is 0. The topological polar surface area (TPSA) is 65.5 Å². The van der Waals surface area contributed by atoms with Crippen molar-refractivity contribution in [3.05, 3.63) is 11.6 Å². The SMILES string of the molecule is CN=C(NCCNC(=O)C(C)C)NCCC1=CCCCC1.I. The molecular formula is C16H31IN4O. The van der Waals surface area contributed by atoms with Crippen LogP contribution in [0.25, 0.3) is 0 Å². The van der Waals surface area contributed by atoms with E-state index < -0.39 is 0 Å². The predicted molar refractivity (Wildman–Crippen MR) is 104 cm³/mol. The molecule has 0 saturated carbocycles. The van der Waals surface area contributed by atoms with Crippen molar-refractivity contribution < 1.29 is 4.79 Å². The highest BCUT2D eigenvalue weighted by Crippen LogP contribution is 2.19. The number of hydrogen-bond acceptors (Lipinski definition) is 2. The van der Waals surface area contributed by atoms with E-state index in [0.717, 1.165) is 18.9 Å². The fraction of sp³-hybridized carbons (Fsp3) is 0.750. The van der Waals surface area contributed by atoms with E-state index >= 15 is 0 Å². The van der Waals surface area contributed by atoms with E-state index in [4.69, 9.17) is 0 Å². The van der Waals surface area contributed by atoms with Gasteiger partial charge in [0.15, 0.2) is 5.96 Å². The monoisotopic (exact) mass is 422 g/mol. The fourth-order valence-corrected chi connectivity index (χ4v) is 2.26. The van der Waals surface area contributed by atoms with Crippen LogP contribution in [-0.2, 0) is 4.79 Å². The molecule has 1 aliphatic carbocycles. The third-order valence-electron chi connectivity index (χ3n) is 3.59. The van der Waals surface area contributed by atoms with Gasteiger partial charge in [0.2, 0.25) is 5.91 Å². The van der Waals surface area contributed by atoms with Crippen molar-refractivity contribution in [2.24, 2.45) is 10.9 Å². The maximum absolute atomic E-state index is 11.4. The molecule has 0 spiro atoms. The van der Waals surface area contributed by atoms with E-state index in [2.05, 4.69) is 27.0 Å². The molecule has 0 aliphatic heterocycles. The van der Waals surface area contributed by atoms with Gasteiger partial charge in [0, 0.05) is 32.6 Å². The average Bonchev–Trinajstić information content (AvgIpc) is 2.50. The van der Waals surface area contributed by atoms with E-state index in [-0.39, 0.29) is 35.8 Å². The molecule has 0 bridgehead atoms. The van der Waals surface area contributed by atoms with Crippen molar-refractivity contribution in [3.63, 3.8) is 0 Å². The van der Waals surface area contributed by atoms with Crippen LogP contribution < -0.4 is 16.0 Å². The largest absolute Gasteiger partial charge is 0.356 e. The molecule has 1 amide bonds. The minimum absolute atomic E-state index is 0. The van der Waals surface area contributed by atoms with E-state index in [1.807, 2.05) is 13.8 Å². The molecule has 1 rings (SSSR count). The molecule has 6 heteroatoms. The van der Waals surface area contributed by atoms with E-state index in [9.17, 15) is 4.79 Å². The van der Waals surface area contributed by atoms with Gasteiger partial charge in [-0.1, -0.05) is 25.5 Å². The molecule has 0 radical (unpaired) electrons.